The first-order valence-electron chi connectivity index (χ1n) is 13.1. The summed E-state index contributed by atoms with van der Waals surface area (Å²) in [6.45, 7) is 1.73. The van der Waals surface area contributed by atoms with Gasteiger partial charge in [-0.25, -0.2) is 0 Å². The van der Waals surface area contributed by atoms with Gasteiger partial charge in [-0.15, -0.1) is 0 Å². The molecule has 208 valence electrons. The van der Waals surface area contributed by atoms with E-state index < -0.39 is 18.3 Å². The third-order valence-corrected chi connectivity index (χ3v) is 6.84. The molecule has 2 aliphatic rings. The van der Waals surface area contributed by atoms with Gasteiger partial charge in [-0.05, 0) is 80.6 Å². The molecule has 1 fully saturated rings. The van der Waals surface area contributed by atoms with Crippen molar-refractivity contribution in [3.8, 4) is 23.0 Å². The highest BCUT2D eigenvalue weighted by atomic mass is 19.4. The Morgan fingerprint density at radius 2 is 1.84 bits per heavy atom. The predicted octanol–water partition coefficient (Wildman–Crippen LogP) is 4.77. The molecular formula is C28H35F3N2O5. The summed E-state index contributed by atoms with van der Waals surface area (Å²) in [6.07, 6.45) is -1.60. The second-order valence-electron chi connectivity index (χ2n) is 9.60. The third kappa shape index (κ3) is 7.93. The minimum atomic E-state index is -4.28. The quantitative estimate of drug-likeness (QED) is 0.422. The van der Waals surface area contributed by atoms with Gasteiger partial charge in [0.15, 0.2) is 11.5 Å². The molecule has 0 aromatic heterocycles. The maximum atomic E-state index is 13.5. The molecule has 2 aromatic rings. The molecule has 0 bridgehead atoms. The molecular weight excluding hydrogens is 501 g/mol. The van der Waals surface area contributed by atoms with E-state index in [0.29, 0.717) is 68.4 Å². The average Bonchev–Trinajstić information content (AvgIpc) is 3.38. The van der Waals surface area contributed by atoms with E-state index in [1.54, 1.807) is 31.4 Å². The highest BCUT2D eigenvalue weighted by Gasteiger charge is 2.46. The van der Waals surface area contributed by atoms with Gasteiger partial charge in [0.25, 0.3) is 0 Å². The van der Waals surface area contributed by atoms with Crippen LogP contribution in [0.25, 0.3) is 0 Å². The largest absolute Gasteiger partial charge is 0.497 e. The number of nitrogens with one attached hydrogen (secondary N) is 1. The molecule has 0 saturated carbocycles. The molecule has 1 saturated heterocycles. The van der Waals surface area contributed by atoms with Crippen LogP contribution < -0.4 is 24.3 Å². The van der Waals surface area contributed by atoms with Crippen molar-refractivity contribution in [2.75, 3.05) is 40.0 Å². The lowest BCUT2D eigenvalue weighted by Gasteiger charge is -2.30. The Kier molecular flexibility index (Phi) is 9.60. The predicted molar refractivity (Wildman–Crippen MR) is 136 cm³/mol. The number of amides is 1. The van der Waals surface area contributed by atoms with E-state index in [0.717, 1.165) is 5.56 Å². The van der Waals surface area contributed by atoms with Gasteiger partial charge in [0.05, 0.1) is 20.1 Å². The van der Waals surface area contributed by atoms with Crippen molar-refractivity contribution in [3.63, 3.8) is 0 Å². The van der Waals surface area contributed by atoms with E-state index in [1.165, 1.54) is 4.90 Å². The molecule has 0 spiro atoms. The molecule has 10 heteroatoms. The van der Waals surface area contributed by atoms with Gasteiger partial charge >= 0.3 is 6.18 Å². The number of methoxy groups -OCH3 is 1. The molecule has 2 aliphatic heterocycles. The molecule has 2 atom stereocenters. The smallest absolute Gasteiger partial charge is 0.404 e. The van der Waals surface area contributed by atoms with Crippen molar-refractivity contribution in [2.45, 2.75) is 56.8 Å². The molecule has 1 amide bonds. The Labute approximate surface area is 221 Å². The molecule has 2 aromatic carbocycles. The fraction of sp³-hybridized carbons (Fsp3) is 0.536. The Morgan fingerprint density at radius 1 is 1.11 bits per heavy atom. The van der Waals surface area contributed by atoms with Crippen LogP contribution in [0.2, 0.25) is 0 Å². The van der Waals surface area contributed by atoms with E-state index in [9.17, 15) is 18.0 Å². The van der Waals surface area contributed by atoms with Crippen LogP contribution in [0.4, 0.5) is 13.2 Å². The van der Waals surface area contributed by atoms with Crippen molar-refractivity contribution in [2.24, 2.45) is 0 Å². The van der Waals surface area contributed by atoms with Crippen molar-refractivity contribution in [1.29, 1.82) is 0 Å². The molecule has 2 heterocycles. The fourth-order valence-electron chi connectivity index (χ4n) is 4.94. The first-order valence-corrected chi connectivity index (χ1v) is 13.1. The summed E-state index contributed by atoms with van der Waals surface area (Å²) in [5.41, 5.74) is 1.06. The number of hydrogen-bond donors (Lipinski definition) is 1. The Bertz CT molecular complexity index is 1050. The molecule has 0 aliphatic carbocycles. The van der Waals surface area contributed by atoms with E-state index in [1.807, 2.05) is 18.2 Å². The lowest BCUT2D eigenvalue weighted by atomic mass is 10.0. The highest BCUT2D eigenvalue weighted by molar-refractivity contribution is 5.76. The minimum absolute atomic E-state index is 0.0943. The fourth-order valence-corrected chi connectivity index (χ4v) is 4.94. The van der Waals surface area contributed by atoms with Crippen LogP contribution in [0.3, 0.4) is 0 Å². The SMILES string of the molecule is COc1ccc(OCCC(=O)N[C@@H](CCCc2ccc3c(c2)OCCO3)CN2CCCC2C(F)(F)F)cc1. The number of ether oxygens (including phenoxy) is 4. The summed E-state index contributed by atoms with van der Waals surface area (Å²) in [4.78, 5) is 14.2. The molecule has 1 unspecified atom stereocenters. The Hall–Kier alpha value is -3.14. The number of rotatable bonds is 12. The van der Waals surface area contributed by atoms with Crippen molar-refractivity contribution >= 4 is 5.91 Å². The molecule has 7 nitrogen and oxygen atoms in total. The Morgan fingerprint density at radius 3 is 2.58 bits per heavy atom. The maximum Gasteiger partial charge on any atom is 0.404 e. The summed E-state index contributed by atoms with van der Waals surface area (Å²) in [7, 11) is 1.58. The zero-order valence-corrected chi connectivity index (χ0v) is 21.6. The van der Waals surface area contributed by atoms with Crippen LogP contribution in [-0.4, -0.2) is 69.1 Å². The van der Waals surface area contributed by atoms with Crippen LogP contribution in [0, 0.1) is 0 Å². The van der Waals surface area contributed by atoms with Crippen LogP contribution in [-0.2, 0) is 11.2 Å². The van der Waals surface area contributed by atoms with Gasteiger partial charge in [0.2, 0.25) is 5.91 Å². The molecule has 38 heavy (non-hydrogen) atoms. The van der Waals surface area contributed by atoms with E-state index in [4.69, 9.17) is 18.9 Å². The number of nitrogens with zero attached hydrogens (tertiary/aromatic N) is 1. The third-order valence-electron chi connectivity index (χ3n) is 6.84. The summed E-state index contributed by atoms with van der Waals surface area (Å²) in [5.74, 6) is 2.49. The van der Waals surface area contributed by atoms with E-state index in [2.05, 4.69) is 5.32 Å². The Balaban J connectivity index is 1.31. The first kappa shape index (κ1) is 27.9. The van der Waals surface area contributed by atoms with Gasteiger partial charge in [0, 0.05) is 12.6 Å². The second-order valence-corrected chi connectivity index (χ2v) is 9.60. The first-order chi connectivity index (χ1) is 18.3. The normalized spacial score (nSPS) is 18.2. The second kappa shape index (κ2) is 13.1. The number of hydrogen-bond acceptors (Lipinski definition) is 6. The monoisotopic (exact) mass is 536 g/mol. The molecule has 4 rings (SSSR count). The van der Waals surface area contributed by atoms with Crippen LogP contribution in [0.15, 0.2) is 42.5 Å². The van der Waals surface area contributed by atoms with Crippen molar-refractivity contribution in [3.05, 3.63) is 48.0 Å². The standard InChI is InChI=1S/C28H35F3N2O5/c1-35-22-8-10-23(11-9-22)36-15-13-27(34)32-21(19-33-14-3-6-26(33)28(29,30)31)5-2-4-20-7-12-24-25(18-20)38-17-16-37-24/h7-12,18,21,26H,2-6,13-17,19H2,1H3,(H,32,34)/t21-,26?/m0/s1. The van der Waals surface area contributed by atoms with Crippen molar-refractivity contribution < 1.29 is 36.9 Å². The number of alkyl halides is 3. The van der Waals surface area contributed by atoms with Gasteiger partial charge in [-0.2, -0.15) is 13.2 Å². The number of carbonyl (C=O) groups is 1. The summed E-state index contributed by atoms with van der Waals surface area (Å²) >= 11 is 0. The number of carbonyl (C=O) groups excluding carboxylic acids is 1. The number of halogens is 3. The number of benzene rings is 2. The lowest BCUT2D eigenvalue weighted by molar-refractivity contribution is -0.176. The number of likely N-dealkylation sites (tertiary alicyclic amines) is 1. The lowest BCUT2D eigenvalue weighted by Crippen LogP contribution is -2.49. The van der Waals surface area contributed by atoms with E-state index >= 15 is 0 Å². The molecule has 0 radical (unpaired) electrons. The van der Waals surface area contributed by atoms with Crippen LogP contribution in [0.5, 0.6) is 23.0 Å². The topological polar surface area (TPSA) is 69.3 Å². The number of fused-ring (bicyclic) bond motifs is 1. The molecule has 1 N–H and O–H groups in total. The summed E-state index contributed by atoms with van der Waals surface area (Å²) < 4.78 is 62.6. The number of aryl methyl sites for hydroxylation is 1. The van der Waals surface area contributed by atoms with Gasteiger partial charge in [-0.3, -0.25) is 9.69 Å². The van der Waals surface area contributed by atoms with E-state index in [-0.39, 0.29) is 31.9 Å². The van der Waals surface area contributed by atoms with Gasteiger partial charge in [0.1, 0.15) is 30.8 Å². The minimum Gasteiger partial charge on any atom is -0.497 e. The summed E-state index contributed by atoms with van der Waals surface area (Å²) in [6, 6.07) is 11.0. The summed E-state index contributed by atoms with van der Waals surface area (Å²) in [5, 5.41) is 2.96. The maximum absolute atomic E-state index is 13.5. The highest BCUT2D eigenvalue weighted by Crippen LogP contribution is 2.33. The zero-order valence-electron chi connectivity index (χ0n) is 21.6. The van der Waals surface area contributed by atoms with Crippen LogP contribution >= 0.6 is 0 Å². The van der Waals surface area contributed by atoms with Crippen LogP contribution in [0.1, 0.15) is 37.7 Å². The average molecular weight is 537 g/mol. The van der Waals surface area contributed by atoms with Gasteiger partial charge in [-0.1, -0.05) is 6.07 Å². The van der Waals surface area contributed by atoms with Gasteiger partial charge < -0.3 is 24.3 Å². The zero-order chi connectivity index (χ0) is 27.0. The van der Waals surface area contributed by atoms with Crippen molar-refractivity contribution in [1.82, 2.24) is 10.2 Å².